The molecule has 5 nitrogen and oxygen atoms in total. The van der Waals surface area contributed by atoms with Crippen LogP contribution in [0.4, 0.5) is 11.4 Å². The molecule has 1 aromatic heterocycles. The van der Waals surface area contributed by atoms with Crippen molar-refractivity contribution >= 4 is 17.3 Å². The third-order valence-electron chi connectivity index (χ3n) is 3.33. The molecule has 0 radical (unpaired) electrons. The Morgan fingerprint density at radius 2 is 1.80 bits per heavy atom. The van der Waals surface area contributed by atoms with Crippen molar-refractivity contribution < 1.29 is 4.79 Å². The van der Waals surface area contributed by atoms with Crippen LogP contribution in [0.5, 0.6) is 0 Å². The zero-order valence-electron chi connectivity index (χ0n) is 12.3. The first-order valence-electron chi connectivity index (χ1n) is 6.58. The summed E-state index contributed by atoms with van der Waals surface area (Å²) >= 11 is 0. The van der Waals surface area contributed by atoms with Crippen molar-refractivity contribution in [3.8, 4) is 0 Å². The van der Waals surface area contributed by atoms with Crippen molar-refractivity contribution in [3.63, 3.8) is 0 Å². The number of carbonyl (C=O) groups is 1. The van der Waals surface area contributed by atoms with Gasteiger partial charge in [-0.2, -0.15) is 5.10 Å². The minimum atomic E-state index is -0.0627. The molecule has 0 saturated carbocycles. The van der Waals surface area contributed by atoms with E-state index in [2.05, 4.69) is 22.7 Å². The number of aromatic nitrogens is 2. The average molecular weight is 272 g/mol. The number of benzene rings is 1. The second-order valence-electron chi connectivity index (χ2n) is 4.89. The number of nitrogens with one attached hydrogen (secondary N) is 2. The molecule has 1 aromatic carbocycles. The van der Waals surface area contributed by atoms with Crippen LogP contribution in [-0.2, 0) is 18.4 Å². The molecule has 0 saturated heterocycles. The number of aryl methyl sites for hydroxylation is 2. The minimum Gasteiger partial charge on any atom is -0.381 e. The number of hydrogen-bond donors (Lipinski definition) is 2. The highest BCUT2D eigenvalue weighted by atomic mass is 16.1. The van der Waals surface area contributed by atoms with E-state index in [1.807, 2.05) is 42.9 Å². The van der Waals surface area contributed by atoms with Crippen LogP contribution in [0, 0.1) is 13.8 Å². The van der Waals surface area contributed by atoms with Gasteiger partial charge in [0.05, 0.1) is 5.69 Å². The first kappa shape index (κ1) is 14.1. The maximum absolute atomic E-state index is 11.0. The Balaban J connectivity index is 2.02. The first-order chi connectivity index (χ1) is 9.47. The normalized spacial score (nSPS) is 10.4. The van der Waals surface area contributed by atoms with Gasteiger partial charge in [0.1, 0.15) is 0 Å². The fraction of sp³-hybridized carbons (Fsp3) is 0.333. The monoisotopic (exact) mass is 272 g/mol. The van der Waals surface area contributed by atoms with Crippen LogP contribution in [0.25, 0.3) is 0 Å². The van der Waals surface area contributed by atoms with E-state index >= 15 is 0 Å². The molecule has 0 fully saturated rings. The van der Waals surface area contributed by atoms with E-state index in [4.69, 9.17) is 0 Å². The standard InChI is InChI=1S/C15H20N4O/c1-10-15(11(2)19(4)18-10)9-16-13-5-7-14(8-6-13)17-12(3)20/h5-8,16H,9H2,1-4H3,(H,17,20). The number of amides is 1. The molecule has 0 unspecified atom stereocenters. The molecule has 0 aliphatic carbocycles. The Kier molecular flexibility index (Phi) is 4.08. The molecular formula is C15H20N4O. The van der Waals surface area contributed by atoms with Crippen LogP contribution in [0.1, 0.15) is 23.9 Å². The Bertz CT molecular complexity index is 614. The summed E-state index contributed by atoms with van der Waals surface area (Å²) in [4.78, 5) is 11.0. The molecule has 2 N–H and O–H groups in total. The van der Waals surface area contributed by atoms with Crippen molar-refractivity contribution in [1.82, 2.24) is 9.78 Å². The van der Waals surface area contributed by atoms with Gasteiger partial charge in [0.15, 0.2) is 0 Å². The van der Waals surface area contributed by atoms with Crippen molar-refractivity contribution in [2.45, 2.75) is 27.3 Å². The predicted molar refractivity (Wildman–Crippen MR) is 80.8 cm³/mol. The van der Waals surface area contributed by atoms with Gasteiger partial charge in [0, 0.05) is 43.1 Å². The molecule has 1 amide bonds. The number of rotatable bonds is 4. The first-order valence-corrected chi connectivity index (χ1v) is 6.58. The fourth-order valence-electron chi connectivity index (χ4n) is 2.14. The van der Waals surface area contributed by atoms with Crippen LogP contribution >= 0.6 is 0 Å². The van der Waals surface area contributed by atoms with Crippen LogP contribution in [0.3, 0.4) is 0 Å². The van der Waals surface area contributed by atoms with Gasteiger partial charge < -0.3 is 10.6 Å². The van der Waals surface area contributed by atoms with Crippen molar-refractivity contribution in [1.29, 1.82) is 0 Å². The zero-order chi connectivity index (χ0) is 14.7. The molecule has 2 aromatic rings. The van der Waals surface area contributed by atoms with E-state index in [1.54, 1.807) is 0 Å². The molecule has 5 heteroatoms. The number of hydrogen-bond acceptors (Lipinski definition) is 3. The summed E-state index contributed by atoms with van der Waals surface area (Å²) in [5.41, 5.74) is 5.26. The SMILES string of the molecule is CC(=O)Nc1ccc(NCc2c(C)nn(C)c2C)cc1. The lowest BCUT2D eigenvalue weighted by molar-refractivity contribution is -0.114. The average Bonchev–Trinajstić information content (AvgIpc) is 2.62. The van der Waals surface area contributed by atoms with Gasteiger partial charge in [0.2, 0.25) is 5.91 Å². The minimum absolute atomic E-state index is 0.0627. The van der Waals surface area contributed by atoms with Gasteiger partial charge in [-0.05, 0) is 38.1 Å². The molecule has 0 aliphatic rings. The van der Waals surface area contributed by atoms with Gasteiger partial charge in [0.25, 0.3) is 0 Å². The summed E-state index contributed by atoms with van der Waals surface area (Å²) in [5.74, 6) is -0.0627. The lowest BCUT2D eigenvalue weighted by Crippen LogP contribution is -2.06. The number of anilines is 2. The highest BCUT2D eigenvalue weighted by Crippen LogP contribution is 2.17. The van der Waals surface area contributed by atoms with Crippen molar-refractivity contribution in [2.75, 3.05) is 10.6 Å². The summed E-state index contributed by atoms with van der Waals surface area (Å²) in [6, 6.07) is 7.66. The van der Waals surface area contributed by atoms with Crippen molar-refractivity contribution in [3.05, 3.63) is 41.2 Å². The smallest absolute Gasteiger partial charge is 0.221 e. The summed E-state index contributed by atoms with van der Waals surface area (Å²) < 4.78 is 1.90. The summed E-state index contributed by atoms with van der Waals surface area (Å²) in [6.07, 6.45) is 0. The topological polar surface area (TPSA) is 59.0 Å². The van der Waals surface area contributed by atoms with Crippen LogP contribution in [0.2, 0.25) is 0 Å². The predicted octanol–water partition coefficient (Wildman–Crippen LogP) is 2.61. The van der Waals surface area contributed by atoms with Crippen LogP contribution < -0.4 is 10.6 Å². The Morgan fingerprint density at radius 1 is 1.20 bits per heavy atom. The summed E-state index contributed by atoms with van der Waals surface area (Å²) in [5, 5.41) is 10.5. The maximum Gasteiger partial charge on any atom is 0.221 e. The quantitative estimate of drug-likeness (QED) is 0.899. The van der Waals surface area contributed by atoms with Gasteiger partial charge in [-0.1, -0.05) is 0 Å². The highest BCUT2D eigenvalue weighted by molar-refractivity contribution is 5.88. The maximum atomic E-state index is 11.0. The van der Waals surface area contributed by atoms with E-state index < -0.39 is 0 Å². The molecule has 0 spiro atoms. The largest absolute Gasteiger partial charge is 0.381 e. The molecular weight excluding hydrogens is 252 g/mol. The molecule has 0 bridgehead atoms. The molecule has 0 atom stereocenters. The second-order valence-corrected chi connectivity index (χ2v) is 4.89. The number of nitrogens with zero attached hydrogens (tertiary/aromatic N) is 2. The van der Waals surface area contributed by atoms with Gasteiger partial charge in [-0.25, -0.2) is 0 Å². The summed E-state index contributed by atoms with van der Waals surface area (Å²) in [6.45, 7) is 6.33. The lowest BCUT2D eigenvalue weighted by Gasteiger charge is -2.08. The van der Waals surface area contributed by atoms with Gasteiger partial charge >= 0.3 is 0 Å². The fourth-order valence-corrected chi connectivity index (χ4v) is 2.14. The van der Waals surface area contributed by atoms with Crippen LogP contribution in [-0.4, -0.2) is 15.7 Å². The van der Waals surface area contributed by atoms with E-state index in [0.29, 0.717) is 0 Å². The lowest BCUT2D eigenvalue weighted by atomic mass is 10.2. The molecule has 1 heterocycles. The third kappa shape index (κ3) is 3.17. The van der Waals surface area contributed by atoms with E-state index in [9.17, 15) is 4.79 Å². The highest BCUT2D eigenvalue weighted by Gasteiger charge is 2.08. The van der Waals surface area contributed by atoms with Crippen molar-refractivity contribution in [2.24, 2.45) is 7.05 Å². The Morgan fingerprint density at radius 3 is 2.30 bits per heavy atom. The Hall–Kier alpha value is -2.30. The molecule has 2 rings (SSSR count). The molecule has 0 aliphatic heterocycles. The Labute approximate surface area is 119 Å². The zero-order valence-corrected chi connectivity index (χ0v) is 12.3. The molecule has 20 heavy (non-hydrogen) atoms. The van der Waals surface area contributed by atoms with E-state index in [-0.39, 0.29) is 5.91 Å². The second kappa shape index (κ2) is 5.77. The molecule has 106 valence electrons. The summed E-state index contributed by atoms with van der Waals surface area (Å²) in [7, 11) is 1.95. The third-order valence-corrected chi connectivity index (χ3v) is 3.33. The van der Waals surface area contributed by atoms with Crippen LogP contribution in [0.15, 0.2) is 24.3 Å². The van der Waals surface area contributed by atoms with E-state index in [0.717, 1.165) is 23.6 Å². The number of carbonyl (C=O) groups excluding carboxylic acids is 1. The van der Waals surface area contributed by atoms with Gasteiger partial charge in [-0.3, -0.25) is 9.48 Å². The van der Waals surface area contributed by atoms with E-state index in [1.165, 1.54) is 18.2 Å². The van der Waals surface area contributed by atoms with Gasteiger partial charge in [-0.15, -0.1) is 0 Å².